The summed E-state index contributed by atoms with van der Waals surface area (Å²) in [5.41, 5.74) is 6.09. The summed E-state index contributed by atoms with van der Waals surface area (Å²) in [6, 6.07) is 27.7. The van der Waals surface area contributed by atoms with Gasteiger partial charge in [0.05, 0.1) is 6.21 Å². The molecule has 5 nitrogen and oxygen atoms in total. The quantitative estimate of drug-likeness (QED) is 0.127. The standard InChI is InChI=1S/C30H23BrN2O3/c1-2-5-24-14-20(18-32-33-30(34)29-17-25-16-26(31)11-13-28(25)36-29)9-12-27(24)35-19-21-8-10-22-6-3-4-7-23(22)15-21/h2-4,6-18H,1,5,19H2,(H,33,34)/b32-18+. The first-order chi connectivity index (χ1) is 17.6. The Morgan fingerprint density at radius 3 is 2.69 bits per heavy atom. The Labute approximate surface area is 217 Å². The van der Waals surface area contributed by atoms with Gasteiger partial charge in [0.2, 0.25) is 0 Å². The summed E-state index contributed by atoms with van der Waals surface area (Å²) in [5.74, 6) is 0.572. The highest BCUT2D eigenvalue weighted by atomic mass is 79.9. The Morgan fingerprint density at radius 2 is 1.83 bits per heavy atom. The molecule has 0 saturated carbocycles. The number of carbonyl (C=O) groups is 1. The van der Waals surface area contributed by atoms with Gasteiger partial charge < -0.3 is 9.15 Å². The average molecular weight is 539 g/mol. The SMILES string of the molecule is C=CCc1cc(/C=N/NC(=O)c2cc3cc(Br)ccc3o2)ccc1OCc1ccc2ccccc2c1. The normalized spacial score (nSPS) is 11.2. The van der Waals surface area contributed by atoms with Gasteiger partial charge in [0.15, 0.2) is 5.76 Å². The number of nitrogens with one attached hydrogen (secondary N) is 1. The number of hydrogen-bond acceptors (Lipinski definition) is 4. The first kappa shape index (κ1) is 23.6. The second-order valence-corrected chi connectivity index (χ2v) is 9.24. The third-order valence-corrected chi connectivity index (χ3v) is 6.23. The molecule has 0 bridgehead atoms. The molecule has 0 aliphatic heterocycles. The van der Waals surface area contributed by atoms with Crippen molar-refractivity contribution in [3.05, 3.63) is 125 Å². The number of rotatable bonds is 8. The molecule has 0 aliphatic carbocycles. The van der Waals surface area contributed by atoms with E-state index < -0.39 is 5.91 Å². The summed E-state index contributed by atoms with van der Waals surface area (Å²) in [6.07, 6.45) is 4.08. The van der Waals surface area contributed by atoms with E-state index in [1.165, 1.54) is 10.8 Å². The first-order valence-corrected chi connectivity index (χ1v) is 12.3. The van der Waals surface area contributed by atoms with Gasteiger partial charge >= 0.3 is 5.91 Å². The van der Waals surface area contributed by atoms with E-state index >= 15 is 0 Å². The largest absolute Gasteiger partial charge is 0.489 e. The van der Waals surface area contributed by atoms with Gasteiger partial charge in [-0.2, -0.15) is 5.10 Å². The molecule has 0 atom stereocenters. The second-order valence-electron chi connectivity index (χ2n) is 8.32. The maximum Gasteiger partial charge on any atom is 0.307 e. The smallest absolute Gasteiger partial charge is 0.307 e. The molecule has 5 aromatic rings. The third-order valence-electron chi connectivity index (χ3n) is 5.74. The Bertz CT molecular complexity index is 1600. The van der Waals surface area contributed by atoms with Crippen LogP contribution in [0.3, 0.4) is 0 Å². The monoisotopic (exact) mass is 538 g/mol. The van der Waals surface area contributed by atoms with Gasteiger partial charge in [-0.1, -0.05) is 58.4 Å². The number of allylic oxidation sites excluding steroid dienone is 1. The highest BCUT2D eigenvalue weighted by Crippen LogP contribution is 2.24. The second kappa shape index (κ2) is 10.6. The van der Waals surface area contributed by atoms with Crippen LogP contribution in [0.15, 0.2) is 112 Å². The summed E-state index contributed by atoms with van der Waals surface area (Å²) >= 11 is 3.42. The Balaban J connectivity index is 1.25. The van der Waals surface area contributed by atoms with Crippen molar-refractivity contribution in [3.63, 3.8) is 0 Å². The van der Waals surface area contributed by atoms with Crippen molar-refractivity contribution in [2.24, 2.45) is 5.10 Å². The van der Waals surface area contributed by atoms with Crippen LogP contribution in [-0.4, -0.2) is 12.1 Å². The zero-order valence-electron chi connectivity index (χ0n) is 19.4. The van der Waals surface area contributed by atoms with Crippen molar-refractivity contribution in [3.8, 4) is 5.75 Å². The number of carbonyl (C=O) groups excluding carboxylic acids is 1. The lowest BCUT2D eigenvalue weighted by Crippen LogP contribution is -2.16. The molecule has 0 fully saturated rings. The number of benzene rings is 4. The lowest BCUT2D eigenvalue weighted by atomic mass is 10.1. The fraction of sp³-hybridized carbons (Fsp3) is 0.0667. The molecular weight excluding hydrogens is 516 g/mol. The Kier molecular flexibility index (Phi) is 6.96. The number of halogens is 1. The molecule has 0 aliphatic rings. The maximum atomic E-state index is 12.5. The molecule has 4 aromatic carbocycles. The lowest BCUT2D eigenvalue weighted by molar-refractivity contribution is 0.0929. The van der Waals surface area contributed by atoms with Crippen molar-refractivity contribution >= 4 is 49.8 Å². The number of hydrogen-bond donors (Lipinski definition) is 1. The topological polar surface area (TPSA) is 63.8 Å². The zero-order chi connectivity index (χ0) is 24.9. The number of amides is 1. The molecule has 0 saturated heterocycles. The van der Waals surface area contributed by atoms with E-state index in [-0.39, 0.29) is 5.76 Å². The molecular formula is C30H23BrN2O3. The number of fused-ring (bicyclic) bond motifs is 2. The third kappa shape index (κ3) is 5.39. The summed E-state index contributed by atoms with van der Waals surface area (Å²) in [4.78, 5) is 12.5. The molecule has 1 N–H and O–H groups in total. The minimum Gasteiger partial charge on any atom is -0.489 e. The van der Waals surface area contributed by atoms with E-state index in [2.05, 4.69) is 63.4 Å². The number of furan rings is 1. The molecule has 1 aromatic heterocycles. The predicted octanol–water partition coefficient (Wildman–Crippen LogP) is 7.42. The van der Waals surface area contributed by atoms with Crippen molar-refractivity contribution in [2.75, 3.05) is 0 Å². The number of hydrazone groups is 1. The minimum absolute atomic E-state index is 0.199. The van der Waals surface area contributed by atoms with E-state index in [0.717, 1.165) is 32.3 Å². The lowest BCUT2D eigenvalue weighted by Gasteiger charge is -2.12. The number of nitrogens with zero attached hydrogens (tertiary/aromatic N) is 1. The molecule has 0 spiro atoms. The van der Waals surface area contributed by atoms with Gasteiger partial charge in [-0.05, 0) is 82.4 Å². The van der Waals surface area contributed by atoms with E-state index in [1.807, 2.05) is 54.6 Å². The van der Waals surface area contributed by atoms with Crippen LogP contribution in [0.2, 0.25) is 0 Å². The van der Waals surface area contributed by atoms with E-state index in [9.17, 15) is 4.79 Å². The van der Waals surface area contributed by atoms with E-state index in [1.54, 1.807) is 12.3 Å². The van der Waals surface area contributed by atoms with Crippen LogP contribution in [0.1, 0.15) is 27.2 Å². The Morgan fingerprint density at radius 1 is 0.972 bits per heavy atom. The van der Waals surface area contributed by atoms with Gasteiger partial charge in [-0.15, -0.1) is 6.58 Å². The Hall–Kier alpha value is -4.16. The van der Waals surface area contributed by atoms with E-state index in [4.69, 9.17) is 9.15 Å². The molecule has 1 heterocycles. The van der Waals surface area contributed by atoms with Crippen LogP contribution in [0.25, 0.3) is 21.7 Å². The van der Waals surface area contributed by atoms with Crippen LogP contribution in [0, 0.1) is 0 Å². The van der Waals surface area contributed by atoms with Crippen LogP contribution in [0.5, 0.6) is 5.75 Å². The van der Waals surface area contributed by atoms with Gasteiger partial charge in [0.25, 0.3) is 0 Å². The highest BCUT2D eigenvalue weighted by Gasteiger charge is 2.12. The summed E-state index contributed by atoms with van der Waals surface area (Å²) in [6.45, 7) is 4.33. The predicted molar refractivity (Wildman–Crippen MR) is 148 cm³/mol. The summed E-state index contributed by atoms with van der Waals surface area (Å²) < 4.78 is 12.7. The van der Waals surface area contributed by atoms with Crippen LogP contribution < -0.4 is 10.2 Å². The summed E-state index contributed by atoms with van der Waals surface area (Å²) in [7, 11) is 0. The molecule has 1 amide bonds. The zero-order valence-corrected chi connectivity index (χ0v) is 21.0. The highest BCUT2D eigenvalue weighted by molar-refractivity contribution is 9.10. The molecule has 178 valence electrons. The molecule has 6 heteroatoms. The van der Waals surface area contributed by atoms with Crippen molar-refractivity contribution in [1.82, 2.24) is 5.43 Å². The fourth-order valence-electron chi connectivity index (χ4n) is 3.97. The van der Waals surface area contributed by atoms with E-state index in [0.29, 0.717) is 18.6 Å². The van der Waals surface area contributed by atoms with Crippen molar-refractivity contribution in [2.45, 2.75) is 13.0 Å². The number of ether oxygens (including phenoxy) is 1. The molecule has 5 rings (SSSR count). The van der Waals surface area contributed by atoms with Crippen LogP contribution in [-0.2, 0) is 13.0 Å². The van der Waals surface area contributed by atoms with Crippen molar-refractivity contribution in [1.29, 1.82) is 0 Å². The van der Waals surface area contributed by atoms with Gasteiger partial charge in [0, 0.05) is 9.86 Å². The molecule has 0 radical (unpaired) electrons. The first-order valence-electron chi connectivity index (χ1n) is 11.5. The average Bonchev–Trinajstić information content (AvgIpc) is 3.32. The summed E-state index contributed by atoms with van der Waals surface area (Å²) in [5, 5.41) is 7.33. The van der Waals surface area contributed by atoms with Gasteiger partial charge in [-0.3, -0.25) is 4.79 Å². The van der Waals surface area contributed by atoms with Gasteiger partial charge in [0.1, 0.15) is 17.9 Å². The molecule has 0 unspecified atom stereocenters. The van der Waals surface area contributed by atoms with Crippen LogP contribution in [0.4, 0.5) is 0 Å². The van der Waals surface area contributed by atoms with Crippen molar-refractivity contribution < 1.29 is 13.9 Å². The minimum atomic E-state index is -0.416. The van der Waals surface area contributed by atoms with Gasteiger partial charge in [-0.25, -0.2) is 5.43 Å². The molecule has 36 heavy (non-hydrogen) atoms. The fourth-order valence-corrected chi connectivity index (χ4v) is 4.35. The van der Waals surface area contributed by atoms with Crippen LogP contribution >= 0.6 is 15.9 Å². The maximum absolute atomic E-state index is 12.5.